The number of carbonyl (C=O) groups excluding carboxylic acids is 3. The predicted octanol–water partition coefficient (Wildman–Crippen LogP) is 2.03. The van der Waals surface area contributed by atoms with Crippen molar-refractivity contribution in [2.45, 2.75) is 19.3 Å². The van der Waals surface area contributed by atoms with Crippen molar-refractivity contribution < 1.29 is 29.3 Å². The number of amides is 1. The van der Waals surface area contributed by atoms with Gasteiger partial charge in [0.1, 0.15) is 17.2 Å². The minimum atomic E-state index is -0.568. The van der Waals surface area contributed by atoms with Crippen LogP contribution in [-0.2, 0) is 17.6 Å². The topological polar surface area (TPSA) is 113 Å². The molecule has 0 saturated heterocycles. The summed E-state index contributed by atoms with van der Waals surface area (Å²) in [6, 6.07) is 4.65. The maximum atomic E-state index is 13.2. The number of hydrogen-bond acceptors (Lipinski definition) is 7. The number of benzene rings is 2. The molecule has 0 spiro atoms. The summed E-state index contributed by atoms with van der Waals surface area (Å²) in [4.78, 5) is 38.8. The second-order valence-electron chi connectivity index (χ2n) is 7.40. The van der Waals surface area contributed by atoms with Gasteiger partial charge in [0.05, 0.1) is 23.8 Å². The lowest BCUT2D eigenvalue weighted by molar-refractivity contribution is -0.125. The van der Waals surface area contributed by atoms with E-state index < -0.39 is 17.5 Å². The molecule has 2 aliphatic rings. The van der Waals surface area contributed by atoms with Crippen molar-refractivity contribution in [3.05, 3.63) is 51.6 Å². The Morgan fingerprint density at radius 3 is 2.53 bits per heavy atom. The summed E-state index contributed by atoms with van der Waals surface area (Å²) in [6.07, 6.45) is 0.938. The molecule has 8 heteroatoms. The molecular weight excluding hydrogens is 406 g/mol. The van der Waals surface area contributed by atoms with Crippen LogP contribution in [0.3, 0.4) is 0 Å². The van der Waals surface area contributed by atoms with Crippen LogP contribution in [0.2, 0.25) is 0 Å². The minimum absolute atomic E-state index is 0.0759. The Balaban J connectivity index is 1.84. The molecule has 30 heavy (non-hydrogen) atoms. The van der Waals surface area contributed by atoms with Gasteiger partial charge < -0.3 is 20.3 Å². The van der Waals surface area contributed by atoms with E-state index in [-0.39, 0.29) is 51.8 Å². The smallest absolute Gasteiger partial charge is 0.223 e. The van der Waals surface area contributed by atoms with E-state index in [1.54, 1.807) is 12.1 Å². The van der Waals surface area contributed by atoms with E-state index in [1.165, 1.54) is 13.2 Å². The van der Waals surface area contributed by atoms with Gasteiger partial charge in [0, 0.05) is 34.9 Å². The third kappa shape index (κ3) is 2.94. The van der Waals surface area contributed by atoms with Gasteiger partial charge in [-0.25, -0.2) is 0 Å². The minimum Gasteiger partial charge on any atom is -0.507 e. The molecule has 1 amide bonds. The molecule has 0 radical (unpaired) electrons. The molecule has 0 aliphatic heterocycles. The van der Waals surface area contributed by atoms with Gasteiger partial charge in [-0.3, -0.25) is 14.4 Å². The first-order chi connectivity index (χ1) is 14.4. The van der Waals surface area contributed by atoms with E-state index in [4.69, 9.17) is 4.74 Å². The van der Waals surface area contributed by atoms with Crippen molar-refractivity contribution in [2.24, 2.45) is 5.92 Å². The van der Waals surface area contributed by atoms with Crippen LogP contribution >= 0.6 is 12.6 Å². The van der Waals surface area contributed by atoms with Crippen LogP contribution in [-0.4, -0.2) is 47.1 Å². The Labute approximate surface area is 178 Å². The fourth-order valence-corrected chi connectivity index (χ4v) is 4.47. The van der Waals surface area contributed by atoms with Gasteiger partial charge in [-0.05, 0) is 25.3 Å². The summed E-state index contributed by atoms with van der Waals surface area (Å²) >= 11 is 4.08. The first kappa shape index (κ1) is 20.3. The highest BCUT2D eigenvalue weighted by atomic mass is 32.1. The van der Waals surface area contributed by atoms with E-state index >= 15 is 0 Å². The van der Waals surface area contributed by atoms with Crippen LogP contribution in [0.4, 0.5) is 0 Å². The van der Waals surface area contributed by atoms with Crippen molar-refractivity contribution in [3.63, 3.8) is 0 Å². The molecule has 3 N–H and O–H groups in total. The van der Waals surface area contributed by atoms with E-state index in [1.807, 2.05) is 0 Å². The molecule has 4 rings (SSSR count). The number of phenolic OH excluding ortho intramolecular Hbond substituents is 2. The summed E-state index contributed by atoms with van der Waals surface area (Å²) in [5.41, 5.74) is 0.520. The average Bonchev–Trinajstić information content (AvgIpc) is 2.77. The molecule has 0 aromatic heterocycles. The molecule has 0 bridgehead atoms. The molecule has 2 aromatic carbocycles. The second kappa shape index (κ2) is 7.68. The third-order valence-corrected chi connectivity index (χ3v) is 6.03. The Hall–Kier alpha value is -3.00. The highest BCUT2D eigenvalue weighted by molar-refractivity contribution is 7.80. The van der Waals surface area contributed by atoms with Gasteiger partial charge >= 0.3 is 0 Å². The van der Waals surface area contributed by atoms with Crippen LogP contribution in [0.1, 0.15) is 49.4 Å². The van der Waals surface area contributed by atoms with Crippen molar-refractivity contribution in [1.82, 2.24) is 5.32 Å². The van der Waals surface area contributed by atoms with E-state index in [9.17, 15) is 24.6 Å². The van der Waals surface area contributed by atoms with E-state index in [0.29, 0.717) is 36.3 Å². The first-order valence-electron chi connectivity index (χ1n) is 9.65. The molecule has 0 unspecified atom stereocenters. The average molecular weight is 427 g/mol. The quantitative estimate of drug-likeness (QED) is 0.374. The molecule has 7 nitrogen and oxygen atoms in total. The summed E-state index contributed by atoms with van der Waals surface area (Å²) in [5, 5.41) is 24.7. The fourth-order valence-electron chi connectivity index (χ4n) is 4.35. The number of nitrogens with one attached hydrogen (secondary N) is 1. The molecule has 0 fully saturated rings. The van der Waals surface area contributed by atoms with Gasteiger partial charge in [0.15, 0.2) is 5.78 Å². The van der Waals surface area contributed by atoms with Gasteiger partial charge in [0.2, 0.25) is 11.7 Å². The zero-order valence-corrected chi connectivity index (χ0v) is 17.2. The summed E-state index contributed by atoms with van der Waals surface area (Å²) < 4.78 is 5.23. The third-order valence-electron chi connectivity index (χ3n) is 5.81. The Bertz CT molecular complexity index is 1090. The van der Waals surface area contributed by atoms with Crippen LogP contribution in [0.5, 0.6) is 17.2 Å². The summed E-state index contributed by atoms with van der Waals surface area (Å²) in [5.74, 6) is -1.59. The highest BCUT2D eigenvalue weighted by Crippen LogP contribution is 2.47. The second-order valence-corrected chi connectivity index (χ2v) is 7.85. The lowest BCUT2D eigenvalue weighted by Crippen LogP contribution is -2.35. The summed E-state index contributed by atoms with van der Waals surface area (Å²) in [7, 11) is 1.39. The zero-order valence-electron chi connectivity index (χ0n) is 16.3. The molecule has 1 atom stereocenters. The lowest BCUT2D eigenvalue weighted by Gasteiger charge is -2.29. The molecule has 0 heterocycles. The van der Waals surface area contributed by atoms with Gasteiger partial charge in [0.25, 0.3) is 0 Å². The predicted molar refractivity (Wildman–Crippen MR) is 112 cm³/mol. The van der Waals surface area contributed by atoms with Crippen molar-refractivity contribution >= 4 is 30.1 Å². The number of hydrogen-bond donors (Lipinski definition) is 4. The van der Waals surface area contributed by atoms with Crippen molar-refractivity contribution in [1.29, 1.82) is 0 Å². The van der Waals surface area contributed by atoms with Gasteiger partial charge in [-0.15, -0.1) is 0 Å². The Kier molecular flexibility index (Phi) is 5.19. The Morgan fingerprint density at radius 2 is 1.83 bits per heavy atom. The number of thiol groups is 1. The summed E-state index contributed by atoms with van der Waals surface area (Å²) in [6.45, 7) is 0.429. The normalized spacial score (nSPS) is 17.1. The number of ketones is 2. The number of fused-ring (bicyclic) bond motifs is 3. The van der Waals surface area contributed by atoms with Crippen LogP contribution in [0.15, 0.2) is 18.2 Å². The van der Waals surface area contributed by atoms with Gasteiger partial charge in [-0.2, -0.15) is 12.6 Å². The highest BCUT2D eigenvalue weighted by Gasteiger charge is 2.41. The monoisotopic (exact) mass is 427 g/mol. The molecule has 2 aromatic rings. The standard InChI is InChI=1S/C22H21NO6S/c1-29-14-4-2-3-12-15(14)21(27)17-16(19(12)25)20(26)13-9-10(22(28)23-7-8-30)5-6-11(13)18(17)24/h2-4,10,24,26,30H,5-9H2,1H3,(H,23,28)/t10-/m0/s1. The van der Waals surface area contributed by atoms with E-state index in [0.717, 1.165) is 0 Å². The van der Waals surface area contributed by atoms with Crippen molar-refractivity contribution in [3.8, 4) is 17.2 Å². The lowest BCUT2D eigenvalue weighted by atomic mass is 9.75. The number of carbonyl (C=O) groups is 3. The number of ether oxygens (including phenoxy) is 1. The van der Waals surface area contributed by atoms with Crippen LogP contribution in [0.25, 0.3) is 0 Å². The molecular formula is C22H21NO6S. The molecule has 156 valence electrons. The zero-order chi connectivity index (χ0) is 21.6. The number of rotatable bonds is 4. The number of phenols is 2. The van der Waals surface area contributed by atoms with Crippen LogP contribution < -0.4 is 10.1 Å². The largest absolute Gasteiger partial charge is 0.507 e. The number of aromatic hydroxyl groups is 2. The molecule has 0 saturated carbocycles. The Morgan fingerprint density at radius 1 is 1.13 bits per heavy atom. The van der Waals surface area contributed by atoms with Crippen molar-refractivity contribution in [2.75, 3.05) is 19.4 Å². The number of methoxy groups -OCH3 is 1. The van der Waals surface area contributed by atoms with E-state index in [2.05, 4.69) is 17.9 Å². The molecule has 2 aliphatic carbocycles. The maximum absolute atomic E-state index is 13.2. The van der Waals surface area contributed by atoms with Crippen LogP contribution in [0, 0.1) is 5.92 Å². The maximum Gasteiger partial charge on any atom is 0.223 e. The SMILES string of the molecule is COc1cccc2c1C(=O)c1c(O)c3c(c(O)c1C2=O)C[C@@H](C(=O)NCCS)CC3. The fraction of sp³-hybridized carbons (Fsp3) is 0.318. The first-order valence-corrected chi connectivity index (χ1v) is 10.3. The van der Waals surface area contributed by atoms with Gasteiger partial charge in [-0.1, -0.05) is 12.1 Å².